The fourth-order valence-corrected chi connectivity index (χ4v) is 2.54. The molecule has 0 aromatic heterocycles. The number of hydrogen-bond acceptors (Lipinski definition) is 3. The van der Waals surface area contributed by atoms with Crippen LogP contribution in [0.2, 0.25) is 0 Å². The predicted octanol–water partition coefficient (Wildman–Crippen LogP) is 2.01. The van der Waals surface area contributed by atoms with Crippen molar-refractivity contribution in [2.24, 2.45) is 5.73 Å². The number of carbonyl (C=O) groups excluding carboxylic acids is 1. The average Bonchev–Trinajstić information content (AvgIpc) is 2.52. The molecule has 21 heavy (non-hydrogen) atoms. The Kier molecular flexibility index (Phi) is 8.35. The van der Waals surface area contributed by atoms with Crippen LogP contribution in [0.25, 0.3) is 0 Å². The zero-order valence-corrected chi connectivity index (χ0v) is 13.2. The highest BCUT2D eigenvalue weighted by Gasteiger charge is 2.26. The van der Waals surface area contributed by atoms with Gasteiger partial charge in [0.2, 0.25) is 0 Å². The highest BCUT2D eigenvalue weighted by Crippen LogP contribution is 2.15. The summed E-state index contributed by atoms with van der Waals surface area (Å²) in [6.45, 7) is 2.50. The fourth-order valence-electron chi connectivity index (χ4n) is 2.54. The first kappa shape index (κ1) is 18.0. The highest BCUT2D eigenvalue weighted by atomic mass is 35.5. The lowest BCUT2D eigenvalue weighted by Gasteiger charge is -2.29. The van der Waals surface area contributed by atoms with E-state index in [0.717, 1.165) is 25.7 Å². The molecule has 1 heterocycles. The molecule has 0 aliphatic carbocycles. The first-order valence-electron chi connectivity index (χ1n) is 7.45. The van der Waals surface area contributed by atoms with Crippen LogP contribution in [0.15, 0.2) is 30.3 Å². The molecule has 1 atom stereocenters. The van der Waals surface area contributed by atoms with Gasteiger partial charge in [0, 0.05) is 26.2 Å². The number of nitrogens with two attached hydrogens (primary N) is 1. The van der Waals surface area contributed by atoms with Crippen LogP contribution < -0.4 is 5.73 Å². The van der Waals surface area contributed by atoms with Gasteiger partial charge < -0.3 is 15.4 Å². The molecule has 1 aromatic rings. The van der Waals surface area contributed by atoms with Crippen molar-refractivity contribution in [1.29, 1.82) is 0 Å². The molecule has 1 unspecified atom stereocenters. The summed E-state index contributed by atoms with van der Waals surface area (Å²) in [6, 6.07) is 10.2. The van der Waals surface area contributed by atoms with Gasteiger partial charge in [0.25, 0.3) is 5.91 Å². The monoisotopic (exact) mass is 312 g/mol. The standard InChI is InChI=1S/C16H24N2O2.ClH/c17-10-12-18(11-9-14-6-2-1-3-7-14)16(19)15-8-4-5-13-20-15;/h1-3,6-7,15H,4-5,8-13,17H2;1H. The molecule has 0 bridgehead atoms. The van der Waals surface area contributed by atoms with Gasteiger partial charge in [0.05, 0.1) is 0 Å². The van der Waals surface area contributed by atoms with E-state index in [2.05, 4.69) is 12.1 Å². The van der Waals surface area contributed by atoms with E-state index in [4.69, 9.17) is 10.5 Å². The number of carbonyl (C=O) groups is 1. The maximum Gasteiger partial charge on any atom is 0.251 e. The minimum Gasteiger partial charge on any atom is -0.368 e. The number of nitrogens with zero attached hydrogens (tertiary/aromatic N) is 1. The number of halogens is 1. The molecule has 1 amide bonds. The molecule has 5 heteroatoms. The van der Waals surface area contributed by atoms with E-state index < -0.39 is 0 Å². The zero-order chi connectivity index (χ0) is 14.2. The van der Waals surface area contributed by atoms with Crippen molar-refractivity contribution in [3.8, 4) is 0 Å². The van der Waals surface area contributed by atoms with Gasteiger partial charge in [-0.1, -0.05) is 30.3 Å². The summed E-state index contributed by atoms with van der Waals surface area (Å²) in [7, 11) is 0. The first-order valence-corrected chi connectivity index (χ1v) is 7.45. The van der Waals surface area contributed by atoms with Gasteiger partial charge in [0.15, 0.2) is 0 Å². The van der Waals surface area contributed by atoms with Gasteiger partial charge in [-0.3, -0.25) is 4.79 Å². The van der Waals surface area contributed by atoms with E-state index >= 15 is 0 Å². The van der Waals surface area contributed by atoms with Crippen LogP contribution in [0, 0.1) is 0 Å². The quantitative estimate of drug-likeness (QED) is 0.874. The van der Waals surface area contributed by atoms with E-state index in [1.807, 2.05) is 23.1 Å². The molecule has 1 aliphatic heterocycles. The third-order valence-corrected chi connectivity index (χ3v) is 3.68. The first-order chi connectivity index (χ1) is 9.81. The third kappa shape index (κ3) is 5.65. The molecule has 1 aliphatic rings. The molecule has 1 aromatic carbocycles. The summed E-state index contributed by atoms with van der Waals surface area (Å²) in [4.78, 5) is 14.3. The number of hydrogen-bond donors (Lipinski definition) is 1. The van der Waals surface area contributed by atoms with Crippen LogP contribution in [0.1, 0.15) is 24.8 Å². The van der Waals surface area contributed by atoms with E-state index in [-0.39, 0.29) is 24.4 Å². The SMILES string of the molecule is Cl.NCCN(CCc1ccccc1)C(=O)C1CCCCO1. The number of amides is 1. The largest absolute Gasteiger partial charge is 0.368 e. The zero-order valence-electron chi connectivity index (χ0n) is 12.4. The van der Waals surface area contributed by atoms with E-state index in [1.54, 1.807) is 0 Å². The number of rotatable bonds is 6. The predicted molar refractivity (Wildman–Crippen MR) is 86.6 cm³/mol. The Morgan fingerprint density at radius 3 is 2.62 bits per heavy atom. The molecular weight excluding hydrogens is 288 g/mol. The molecule has 0 saturated carbocycles. The molecule has 0 spiro atoms. The molecule has 4 nitrogen and oxygen atoms in total. The summed E-state index contributed by atoms with van der Waals surface area (Å²) >= 11 is 0. The Hall–Kier alpha value is -1.10. The molecule has 2 rings (SSSR count). The molecule has 1 fully saturated rings. The lowest BCUT2D eigenvalue weighted by Crippen LogP contribution is -2.44. The van der Waals surface area contributed by atoms with Gasteiger partial charge in [0.1, 0.15) is 6.10 Å². The lowest BCUT2D eigenvalue weighted by atomic mass is 10.1. The average molecular weight is 313 g/mol. The molecule has 2 N–H and O–H groups in total. The minimum absolute atomic E-state index is 0. The van der Waals surface area contributed by atoms with Crippen molar-refractivity contribution < 1.29 is 9.53 Å². The minimum atomic E-state index is -0.258. The van der Waals surface area contributed by atoms with E-state index in [0.29, 0.717) is 26.2 Å². The van der Waals surface area contributed by atoms with Crippen LogP contribution in [-0.4, -0.2) is 43.2 Å². The second-order valence-electron chi connectivity index (χ2n) is 5.20. The van der Waals surface area contributed by atoms with Crippen molar-refractivity contribution in [3.05, 3.63) is 35.9 Å². The van der Waals surface area contributed by atoms with Crippen LogP contribution >= 0.6 is 12.4 Å². The summed E-state index contributed by atoms with van der Waals surface area (Å²) < 4.78 is 5.59. The molecule has 0 radical (unpaired) electrons. The Morgan fingerprint density at radius 1 is 1.24 bits per heavy atom. The third-order valence-electron chi connectivity index (χ3n) is 3.68. The van der Waals surface area contributed by atoms with Gasteiger partial charge in [-0.05, 0) is 31.2 Å². The van der Waals surface area contributed by atoms with Gasteiger partial charge in [-0.25, -0.2) is 0 Å². The Bertz CT molecular complexity index is 408. The maximum absolute atomic E-state index is 12.5. The molecular formula is C16H25ClN2O2. The molecule has 118 valence electrons. The van der Waals surface area contributed by atoms with E-state index in [9.17, 15) is 4.79 Å². The van der Waals surface area contributed by atoms with Crippen LogP contribution in [-0.2, 0) is 16.0 Å². The van der Waals surface area contributed by atoms with E-state index in [1.165, 1.54) is 5.56 Å². The van der Waals surface area contributed by atoms with Crippen LogP contribution in [0.5, 0.6) is 0 Å². The number of benzene rings is 1. The maximum atomic E-state index is 12.5. The fraction of sp³-hybridized carbons (Fsp3) is 0.562. The highest BCUT2D eigenvalue weighted by molar-refractivity contribution is 5.85. The summed E-state index contributed by atoms with van der Waals surface area (Å²) in [5, 5.41) is 0. The summed E-state index contributed by atoms with van der Waals surface area (Å²) in [5.41, 5.74) is 6.87. The normalized spacial score (nSPS) is 17.9. The van der Waals surface area contributed by atoms with Crippen molar-refractivity contribution in [1.82, 2.24) is 4.90 Å². The van der Waals surface area contributed by atoms with Crippen molar-refractivity contribution in [2.45, 2.75) is 31.8 Å². The lowest BCUT2D eigenvalue weighted by molar-refractivity contribution is -0.146. The van der Waals surface area contributed by atoms with Crippen LogP contribution in [0.4, 0.5) is 0 Å². The topological polar surface area (TPSA) is 55.6 Å². The Morgan fingerprint density at radius 2 is 2.00 bits per heavy atom. The summed E-state index contributed by atoms with van der Waals surface area (Å²) in [6.07, 6.45) is 3.58. The van der Waals surface area contributed by atoms with Gasteiger partial charge >= 0.3 is 0 Å². The summed E-state index contributed by atoms with van der Waals surface area (Å²) in [5.74, 6) is 0.103. The van der Waals surface area contributed by atoms with Gasteiger partial charge in [-0.2, -0.15) is 0 Å². The second-order valence-corrected chi connectivity index (χ2v) is 5.20. The Balaban J connectivity index is 0.00000220. The Labute approximate surface area is 133 Å². The van der Waals surface area contributed by atoms with Gasteiger partial charge in [-0.15, -0.1) is 12.4 Å². The number of ether oxygens (including phenoxy) is 1. The smallest absolute Gasteiger partial charge is 0.251 e. The molecule has 1 saturated heterocycles. The van der Waals surface area contributed by atoms with Crippen molar-refractivity contribution in [3.63, 3.8) is 0 Å². The van der Waals surface area contributed by atoms with Crippen LogP contribution in [0.3, 0.4) is 0 Å². The van der Waals surface area contributed by atoms with Crippen molar-refractivity contribution >= 4 is 18.3 Å². The van der Waals surface area contributed by atoms with Crippen molar-refractivity contribution in [2.75, 3.05) is 26.2 Å². The second kappa shape index (κ2) is 9.77.